The Labute approximate surface area is 234 Å². The Balaban J connectivity index is 1.21. The highest BCUT2D eigenvalue weighted by molar-refractivity contribution is 9.10. The van der Waals surface area contributed by atoms with Gasteiger partial charge in [0.25, 0.3) is 0 Å². The monoisotopic (exact) mass is 606 g/mol. The number of carbonyl (C=O) groups excluding carboxylic acids is 1. The molecule has 1 aromatic carbocycles. The summed E-state index contributed by atoms with van der Waals surface area (Å²) in [6, 6.07) is 8.55. The van der Waals surface area contributed by atoms with Crippen LogP contribution < -0.4 is 5.32 Å². The second-order valence-electron chi connectivity index (χ2n) is 11.2. The van der Waals surface area contributed by atoms with Crippen molar-refractivity contribution in [3.8, 4) is 0 Å². The average Bonchev–Trinajstić information content (AvgIpc) is 3.03. The molecule has 37 heavy (non-hydrogen) atoms. The van der Waals surface area contributed by atoms with Crippen molar-refractivity contribution in [1.29, 1.82) is 0 Å². The predicted molar refractivity (Wildman–Crippen MR) is 154 cm³/mol. The van der Waals surface area contributed by atoms with Crippen molar-refractivity contribution in [1.82, 2.24) is 19.9 Å². The van der Waals surface area contributed by atoms with E-state index in [1.807, 2.05) is 25.6 Å². The number of aryl methyl sites for hydroxylation is 2. The lowest BCUT2D eigenvalue weighted by atomic mass is 9.90. The van der Waals surface area contributed by atoms with Crippen LogP contribution >= 0.6 is 34.8 Å². The molecule has 3 heterocycles. The Kier molecular flexibility index (Phi) is 8.48. The van der Waals surface area contributed by atoms with Gasteiger partial charge in [0.15, 0.2) is 0 Å². The van der Waals surface area contributed by atoms with Crippen molar-refractivity contribution in [3.63, 3.8) is 0 Å². The first-order valence-electron chi connectivity index (χ1n) is 13.4. The number of nitrogens with one attached hydrogen (secondary N) is 1. The van der Waals surface area contributed by atoms with Gasteiger partial charge in [0.2, 0.25) is 5.91 Å². The number of carbonyl (C=O) groups is 1. The number of halogens is 2. The molecule has 0 bridgehead atoms. The van der Waals surface area contributed by atoms with Crippen LogP contribution in [0.15, 0.2) is 34.9 Å². The Hall–Kier alpha value is -1.24. The molecule has 1 unspecified atom stereocenters. The van der Waals surface area contributed by atoms with E-state index in [0.717, 1.165) is 86.4 Å². The molecule has 9 heteroatoms. The van der Waals surface area contributed by atoms with Crippen molar-refractivity contribution >= 4 is 40.7 Å². The molecule has 2 aromatic rings. The molecule has 1 atom stereocenters. The molecule has 5 rings (SSSR count). The Morgan fingerprint density at radius 2 is 1.78 bits per heavy atom. The zero-order valence-electron chi connectivity index (χ0n) is 21.8. The summed E-state index contributed by atoms with van der Waals surface area (Å²) in [4.78, 5) is 20.5. The lowest BCUT2D eigenvalue weighted by molar-refractivity contribution is -0.126. The molecule has 3 aliphatic rings. The summed E-state index contributed by atoms with van der Waals surface area (Å²) < 4.78 is 15.4. The van der Waals surface area contributed by atoms with Crippen molar-refractivity contribution in [2.75, 3.05) is 46.1 Å². The van der Waals surface area contributed by atoms with Gasteiger partial charge in [-0.3, -0.25) is 19.3 Å². The van der Waals surface area contributed by atoms with Crippen LogP contribution in [0.25, 0.3) is 0 Å². The summed E-state index contributed by atoms with van der Waals surface area (Å²) in [5.41, 5.74) is 4.98. The van der Waals surface area contributed by atoms with Crippen molar-refractivity contribution < 1.29 is 9.36 Å². The van der Waals surface area contributed by atoms with E-state index < -0.39 is 7.29 Å². The number of fused-ring (bicyclic) bond motifs is 2. The number of pyridine rings is 1. The third-order valence-electron chi connectivity index (χ3n) is 8.39. The highest BCUT2D eigenvalue weighted by Gasteiger charge is 2.35. The van der Waals surface area contributed by atoms with Crippen LogP contribution in [0.1, 0.15) is 54.1 Å². The number of likely N-dealkylation sites (tertiary alicyclic amines) is 1. The van der Waals surface area contributed by atoms with Gasteiger partial charge in [-0.05, 0) is 108 Å². The van der Waals surface area contributed by atoms with Gasteiger partial charge in [0.1, 0.15) is 7.29 Å². The van der Waals surface area contributed by atoms with Crippen LogP contribution in [0.2, 0.25) is 5.02 Å². The van der Waals surface area contributed by atoms with E-state index in [1.54, 1.807) is 0 Å². The largest absolute Gasteiger partial charge is 0.356 e. The summed E-state index contributed by atoms with van der Waals surface area (Å²) in [6.45, 7) is 7.88. The number of benzene rings is 1. The average molecular weight is 608 g/mol. The fourth-order valence-corrected chi connectivity index (χ4v) is 7.96. The van der Waals surface area contributed by atoms with Crippen molar-refractivity contribution in [3.05, 3.63) is 62.3 Å². The topological polar surface area (TPSA) is 65.5 Å². The molecule has 1 aliphatic carbocycles. The fourth-order valence-electron chi connectivity index (χ4n) is 6.20. The SMILES string of the molecule is CP(C)(=O)N1CCC(CNC(=O)C2CCN(C3c4ccc(Cl)cc4CCc4cc(Br)cnc43)CC2)CC1. The van der Waals surface area contributed by atoms with Gasteiger partial charge in [0, 0.05) is 54.6 Å². The third-order valence-corrected chi connectivity index (χ3v) is 10.8. The third kappa shape index (κ3) is 6.33. The molecule has 200 valence electrons. The van der Waals surface area contributed by atoms with Gasteiger partial charge < -0.3 is 9.88 Å². The number of rotatable bonds is 5. The minimum absolute atomic E-state index is 0.0515. The maximum Gasteiger partial charge on any atom is 0.223 e. The normalized spacial score (nSPS) is 22.2. The molecule has 2 fully saturated rings. The van der Waals surface area contributed by atoms with E-state index in [4.69, 9.17) is 16.6 Å². The molecular formula is C28H37BrClN4O2P. The van der Waals surface area contributed by atoms with Gasteiger partial charge in [-0.25, -0.2) is 0 Å². The van der Waals surface area contributed by atoms with Gasteiger partial charge in [-0.2, -0.15) is 0 Å². The van der Waals surface area contributed by atoms with Crippen molar-refractivity contribution in [2.24, 2.45) is 11.8 Å². The Morgan fingerprint density at radius 1 is 1.08 bits per heavy atom. The molecule has 1 aromatic heterocycles. The van der Waals surface area contributed by atoms with E-state index >= 15 is 0 Å². The molecule has 2 aliphatic heterocycles. The number of aromatic nitrogens is 1. The summed E-state index contributed by atoms with van der Waals surface area (Å²) in [7, 11) is -2.17. The van der Waals surface area contributed by atoms with Crippen LogP contribution in [-0.4, -0.2) is 66.5 Å². The van der Waals surface area contributed by atoms with E-state index in [0.29, 0.717) is 5.92 Å². The van der Waals surface area contributed by atoms with Crippen LogP contribution in [0, 0.1) is 11.8 Å². The highest BCUT2D eigenvalue weighted by atomic mass is 79.9. The molecule has 2 saturated heterocycles. The smallest absolute Gasteiger partial charge is 0.223 e. The molecule has 1 amide bonds. The van der Waals surface area contributed by atoms with Crippen LogP contribution in [0.5, 0.6) is 0 Å². The van der Waals surface area contributed by atoms with E-state index in [-0.39, 0.29) is 17.9 Å². The lowest BCUT2D eigenvalue weighted by Crippen LogP contribution is -2.44. The van der Waals surface area contributed by atoms with Gasteiger partial charge in [-0.1, -0.05) is 17.7 Å². The first-order chi connectivity index (χ1) is 17.7. The number of nitrogens with zero attached hydrogens (tertiary/aromatic N) is 3. The molecular weight excluding hydrogens is 571 g/mol. The number of hydrogen-bond donors (Lipinski definition) is 1. The molecule has 0 spiro atoms. The lowest BCUT2D eigenvalue weighted by Gasteiger charge is -2.38. The first kappa shape index (κ1) is 27.3. The minimum atomic E-state index is -2.17. The quantitative estimate of drug-likeness (QED) is 0.438. The van der Waals surface area contributed by atoms with E-state index in [2.05, 4.69) is 49.0 Å². The van der Waals surface area contributed by atoms with Crippen LogP contribution in [0.4, 0.5) is 0 Å². The minimum Gasteiger partial charge on any atom is -0.356 e. The van der Waals surface area contributed by atoms with E-state index in [1.165, 1.54) is 16.7 Å². The van der Waals surface area contributed by atoms with Gasteiger partial charge in [0.05, 0.1) is 11.7 Å². The van der Waals surface area contributed by atoms with Crippen LogP contribution in [-0.2, 0) is 22.2 Å². The summed E-state index contributed by atoms with van der Waals surface area (Å²) in [5.74, 6) is 0.716. The summed E-state index contributed by atoms with van der Waals surface area (Å²) in [6.07, 6.45) is 7.49. The number of piperidine rings is 2. The molecule has 0 saturated carbocycles. The predicted octanol–water partition coefficient (Wildman–Crippen LogP) is 5.76. The second-order valence-corrected chi connectivity index (χ2v) is 15.7. The highest BCUT2D eigenvalue weighted by Crippen LogP contribution is 2.43. The van der Waals surface area contributed by atoms with Crippen LogP contribution in [0.3, 0.4) is 0 Å². The molecule has 0 radical (unpaired) electrons. The zero-order valence-corrected chi connectivity index (χ0v) is 25.0. The Morgan fingerprint density at radius 3 is 2.49 bits per heavy atom. The first-order valence-corrected chi connectivity index (χ1v) is 17.2. The zero-order chi connectivity index (χ0) is 26.2. The summed E-state index contributed by atoms with van der Waals surface area (Å²) >= 11 is 9.97. The summed E-state index contributed by atoms with van der Waals surface area (Å²) in [5, 5.41) is 4.02. The number of amides is 1. The van der Waals surface area contributed by atoms with Crippen molar-refractivity contribution in [2.45, 2.75) is 44.6 Å². The van der Waals surface area contributed by atoms with Gasteiger partial charge >= 0.3 is 0 Å². The molecule has 1 N–H and O–H groups in total. The maximum absolute atomic E-state index is 13.1. The standard InChI is InChI=1S/C28H37BrClN4O2P/c1-37(2,36)34-13-7-19(8-14-34)17-32-28(35)20-9-11-33(12-10-20)27-25-6-5-24(30)16-21(25)3-4-22-15-23(29)18-31-26(22)27/h5-6,15-16,18-20,27H,3-4,7-14,17H2,1-2H3,(H,32,35). The Bertz CT molecular complexity index is 1140. The van der Waals surface area contributed by atoms with E-state index in [9.17, 15) is 9.36 Å². The second kappa shape index (κ2) is 11.5. The number of hydrogen-bond acceptors (Lipinski definition) is 4. The van der Waals surface area contributed by atoms with Gasteiger partial charge in [-0.15, -0.1) is 0 Å². The maximum atomic E-state index is 13.1. The molecule has 6 nitrogen and oxygen atoms in total. The fraction of sp³-hybridized carbons (Fsp3) is 0.571.